The van der Waals surface area contributed by atoms with Crippen LogP contribution in [0.25, 0.3) is 0 Å². The average Bonchev–Trinajstić information content (AvgIpc) is 2.42. The number of amides is 1. The molecule has 1 heterocycles. The highest BCUT2D eigenvalue weighted by atomic mass is 19.1. The molecular formula is C16H13F3N2O. The molecule has 1 saturated carbocycles. The van der Waals surface area contributed by atoms with Gasteiger partial charge in [0.15, 0.2) is 5.82 Å². The molecule has 1 fully saturated rings. The maximum absolute atomic E-state index is 14.0. The van der Waals surface area contributed by atoms with Gasteiger partial charge in [-0.2, -0.15) is 0 Å². The standard InChI is InChI=1S/C16H13F3N2O/c17-10-2-3-11(12(18)8-10)16(5-1-6-16)15(22)21-14-4-7-20-9-13(14)19/h2-4,7-9H,1,5-6H2,(H,20,21,22). The first-order valence-corrected chi connectivity index (χ1v) is 6.89. The lowest BCUT2D eigenvalue weighted by molar-refractivity contribution is -0.124. The van der Waals surface area contributed by atoms with Gasteiger partial charge in [0.1, 0.15) is 11.6 Å². The zero-order chi connectivity index (χ0) is 15.7. The van der Waals surface area contributed by atoms with Gasteiger partial charge in [-0.05, 0) is 25.0 Å². The normalized spacial score (nSPS) is 16.0. The zero-order valence-electron chi connectivity index (χ0n) is 11.6. The lowest BCUT2D eigenvalue weighted by Crippen LogP contribution is -2.46. The molecule has 6 heteroatoms. The smallest absolute Gasteiger partial charge is 0.235 e. The van der Waals surface area contributed by atoms with Crippen molar-refractivity contribution < 1.29 is 18.0 Å². The molecule has 1 aromatic heterocycles. The molecule has 1 aliphatic carbocycles. The monoisotopic (exact) mass is 306 g/mol. The molecule has 0 bridgehead atoms. The van der Waals surface area contributed by atoms with Crippen LogP contribution in [0.3, 0.4) is 0 Å². The SMILES string of the molecule is O=C(Nc1ccncc1F)C1(c2ccc(F)cc2F)CCC1. The minimum absolute atomic E-state index is 0.00575. The van der Waals surface area contributed by atoms with E-state index in [9.17, 15) is 18.0 Å². The van der Waals surface area contributed by atoms with Crippen molar-refractivity contribution >= 4 is 11.6 Å². The predicted molar refractivity (Wildman–Crippen MR) is 74.7 cm³/mol. The third kappa shape index (κ3) is 2.34. The molecule has 0 atom stereocenters. The molecule has 114 valence electrons. The van der Waals surface area contributed by atoms with Crippen molar-refractivity contribution in [3.8, 4) is 0 Å². The van der Waals surface area contributed by atoms with Gasteiger partial charge in [0.2, 0.25) is 5.91 Å². The Morgan fingerprint density at radius 1 is 1.14 bits per heavy atom. The third-order valence-corrected chi connectivity index (χ3v) is 4.11. The number of halogens is 3. The highest BCUT2D eigenvalue weighted by Gasteiger charge is 2.47. The van der Waals surface area contributed by atoms with Gasteiger partial charge in [0, 0.05) is 17.8 Å². The quantitative estimate of drug-likeness (QED) is 0.942. The summed E-state index contributed by atoms with van der Waals surface area (Å²) in [6.45, 7) is 0. The number of benzene rings is 1. The van der Waals surface area contributed by atoms with Gasteiger partial charge in [0.05, 0.1) is 17.3 Å². The number of carbonyl (C=O) groups is 1. The van der Waals surface area contributed by atoms with Gasteiger partial charge < -0.3 is 5.32 Å². The van der Waals surface area contributed by atoms with Gasteiger partial charge in [-0.1, -0.05) is 12.5 Å². The van der Waals surface area contributed by atoms with Gasteiger partial charge in [-0.15, -0.1) is 0 Å². The fraction of sp³-hybridized carbons (Fsp3) is 0.250. The molecule has 1 amide bonds. The zero-order valence-corrected chi connectivity index (χ0v) is 11.6. The Morgan fingerprint density at radius 2 is 1.91 bits per heavy atom. The minimum Gasteiger partial charge on any atom is -0.323 e. The second-order valence-corrected chi connectivity index (χ2v) is 5.37. The Morgan fingerprint density at radius 3 is 2.50 bits per heavy atom. The van der Waals surface area contributed by atoms with Crippen LogP contribution in [0.5, 0.6) is 0 Å². The molecule has 1 N–H and O–H groups in total. The van der Waals surface area contributed by atoms with E-state index in [-0.39, 0.29) is 11.3 Å². The summed E-state index contributed by atoms with van der Waals surface area (Å²) >= 11 is 0. The Kier molecular flexibility index (Phi) is 3.60. The van der Waals surface area contributed by atoms with Crippen molar-refractivity contribution in [2.24, 2.45) is 0 Å². The fourth-order valence-electron chi connectivity index (χ4n) is 2.75. The summed E-state index contributed by atoms with van der Waals surface area (Å²) in [5.74, 6) is -2.61. The number of anilines is 1. The summed E-state index contributed by atoms with van der Waals surface area (Å²) < 4.78 is 40.7. The van der Waals surface area contributed by atoms with Crippen LogP contribution < -0.4 is 5.32 Å². The molecule has 0 spiro atoms. The topological polar surface area (TPSA) is 42.0 Å². The molecule has 0 saturated heterocycles. The molecule has 3 rings (SSSR count). The van der Waals surface area contributed by atoms with Crippen LogP contribution in [0.2, 0.25) is 0 Å². The van der Waals surface area contributed by atoms with E-state index in [1.165, 1.54) is 18.3 Å². The van der Waals surface area contributed by atoms with E-state index >= 15 is 0 Å². The number of rotatable bonds is 3. The molecule has 0 unspecified atom stereocenters. The Bertz CT molecular complexity index is 729. The van der Waals surface area contributed by atoms with Gasteiger partial charge in [0.25, 0.3) is 0 Å². The fourth-order valence-corrected chi connectivity index (χ4v) is 2.75. The van der Waals surface area contributed by atoms with Crippen LogP contribution in [0.4, 0.5) is 18.9 Å². The number of pyridine rings is 1. The molecule has 1 aliphatic rings. The second-order valence-electron chi connectivity index (χ2n) is 5.37. The molecule has 2 aromatic rings. The van der Waals surface area contributed by atoms with E-state index in [0.717, 1.165) is 24.8 Å². The Balaban J connectivity index is 1.93. The van der Waals surface area contributed by atoms with Crippen molar-refractivity contribution in [1.82, 2.24) is 4.98 Å². The first-order valence-electron chi connectivity index (χ1n) is 6.89. The van der Waals surface area contributed by atoms with Crippen LogP contribution >= 0.6 is 0 Å². The molecule has 3 nitrogen and oxygen atoms in total. The number of nitrogens with zero attached hydrogens (tertiary/aromatic N) is 1. The third-order valence-electron chi connectivity index (χ3n) is 4.11. The molecule has 0 aliphatic heterocycles. The highest BCUT2D eigenvalue weighted by molar-refractivity contribution is 6.00. The Hall–Kier alpha value is -2.37. The van der Waals surface area contributed by atoms with Gasteiger partial charge in [-0.25, -0.2) is 13.2 Å². The van der Waals surface area contributed by atoms with Crippen molar-refractivity contribution in [1.29, 1.82) is 0 Å². The van der Waals surface area contributed by atoms with Crippen LogP contribution in [0, 0.1) is 17.5 Å². The van der Waals surface area contributed by atoms with E-state index in [0.29, 0.717) is 12.8 Å². The number of hydrogen-bond acceptors (Lipinski definition) is 2. The summed E-state index contributed by atoms with van der Waals surface area (Å²) in [4.78, 5) is 16.2. The van der Waals surface area contributed by atoms with Crippen molar-refractivity contribution in [3.63, 3.8) is 0 Å². The maximum atomic E-state index is 14.0. The molecular weight excluding hydrogens is 293 g/mol. The first kappa shape index (κ1) is 14.6. The van der Waals surface area contributed by atoms with Crippen LogP contribution in [-0.4, -0.2) is 10.9 Å². The Labute approximate surface area is 125 Å². The van der Waals surface area contributed by atoms with E-state index < -0.39 is 28.8 Å². The molecule has 1 aromatic carbocycles. The maximum Gasteiger partial charge on any atom is 0.235 e. The van der Waals surface area contributed by atoms with Crippen LogP contribution in [0.15, 0.2) is 36.7 Å². The summed E-state index contributed by atoms with van der Waals surface area (Å²) in [6, 6.07) is 4.50. The largest absolute Gasteiger partial charge is 0.323 e. The van der Waals surface area contributed by atoms with Crippen LogP contribution in [0.1, 0.15) is 24.8 Å². The first-order chi connectivity index (χ1) is 10.5. The minimum atomic E-state index is -1.08. The summed E-state index contributed by atoms with van der Waals surface area (Å²) in [5, 5.41) is 2.48. The predicted octanol–water partition coefficient (Wildman–Crippen LogP) is 3.56. The van der Waals surface area contributed by atoms with E-state index in [2.05, 4.69) is 10.3 Å². The van der Waals surface area contributed by atoms with Gasteiger partial charge in [-0.3, -0.25) is 9.78 Å². The summed E-state index contributed by atoms with van der Waals surface area (Å²) in [7, 11) is 0. The summed E-state index contributed by atoms with van der Waals surface area (Å²) in [5.41, 5.74) is -0.936. The number of carbonyl (C=O) groups excluding carboxylic acids is 1. The lowest BCUT2D eigenvalue weighted by atomic mass is 9.63. The average molecular weight is 306 g/mol. The van der Waals surface area contributed by atoms with Crippen molar-refractivity contribution in [2.75, 3.05) is 5.32 Å². The van der Waals surface area contributed by atoms with E-state index in [1.807, 2.05) is 0 Å². The van der Waals surface area contributed by atoms with Crippen molar-refractivity contribution in [3.05, 3.63) is 59.7 Å². The number of nitrogens with one attached hydrogen (secondary N) is 1. The number of aromatic nitrogens is 1. The molecule has 0 radical (unpaired) electrons. The van der Waals surface area contributed by atoms with E-state index in [1.54, 1.807) is 0 Å². The lowest BCUT2D eigenvalue weighted by Gasteiger charge is -2.40. The highest BCUT2D eigenvalue weighted by Crippen LogP contribution is 2.45. The van der Waals surface area contributed by atoms with Crippen molar-refractivity contribution in [2.45, 2.75) is 24.7 Å². The molecule has 22 heavy (non-hydrogen) atoms. The number of hydrogen-bond donors (Lipinski definition) is 1. The second kappa shape index (κ2) is 5.44. The van der Waals surface area contributed by atoms with E-state index in [4.69, 9.17) is 0 Å². The summed E-state index contributed by atoms with van der Waals surface area (Å²) in [6.07, 6.45) is 3.97. The van der Waals surface area contributed by atoms with Crippen LogP contribution in [-0.2, 0) is 10.2 Å². The van der Waals surface area contributed by atoms with Gasteiger partial charge >= 0.3 is 0 Å².